The van der Waals surface area contributed by atoms with Crippen molar-refractivity contribution in [2.75, 3.05) is 6.54 Å². The van der Waals surface area contributed by atoms with Crippen LogP contribution in [0.1, 0.15) is 26.3 Å². The van der Waals surface area contributed by atoms with E-state index in [0.29, 0.717) is 13.1 Å². The number of aromatic nitrogens is 1. The third kappa shape index (κ3) is 3.51. The molecule has 4 nitrogen and oxygen atoms in total. The highest BCUT2D eigenvalue weighted by atomic mass is 79.9. The van der Waals surface area contributed by atoms with Crippen LogP contribution < -0.4 is 0 Å². The number of halogens is 1. The van der Waals surface area contributed by atoms with Crippen molar-refractivity contribution in [1.82, 2.24) is 9.88 Å². The van der Waals surface area contributed by atoms with Crippen molar-refractivity contribution in [3.63, 3.8) is 0 Å². The lowest BCUT2D eigenvalue weighted by Crippen LogP contribution is -2.49. The van der Waals surface area contributed by atoms with Gasteiger partial charge in [-0.15, -0.1) is 0 Å². The zero-order chi connectivity index (χ0) is 13.1. The Bertz CT molecular complexity index is 407. The van der Waals surface area contributed by atoms with Crippen LogP contribution in [0.2, 0.25) is 0 Å². The van der Waals surface area contributed by atoms with Crippen molar-refractivity contribution in [3.05, 3.63) is 28.5 Å². The van der Waals surface area contributed by atoms with Crippen LogP contribution in [0.15, 0.2) is 22.9 Å². The normalized spacial score (nSPS) is 11.8. The lowest BCUT2D eigenvalue weighted by atomic mass is 10.0. The number of likely N-dealkylation sites (N-methyl/N-ethyl adjacent to an activating group) is 1. The zero-order valence-corrected chi connectivity index (χ0v) is 11.9. The van der Waals surface area contributed by atoms with E-state index in [0.717, 1.165) is 10.0 Å². The van der Waals surface area contributed by atoms with Crippen LogP contribution in [0.5, 0.6) is 0 Å². The van der Waals surface area contributed by atoms with Gasteiger partial charge in [-0.3, -0.25) is 14.7 Å². The fraction of sp³-hybridized carbons (Fsp3) is 0.500. The van der Waals surface area contributed by atoms with Crippen LogP contribution in [-0.4, -0.2) is 33.0 Å². The number of carbonyl (C=O) groups is 1. The Morgan fingerprint density at radius 3 is 2.65 bits per heavy atom. The van der Waals surface area contributed by atoms with Gasteiger partial charge in [-0.05, 0) is 48.0 Å². The van der Waals surface area contributed by atoms with Gasteiger partial charge in [0, 0.05) is 23.4 Å². The Morgan fingerprint density at radius 1 is 1.53 bits per heavy atom. The predicted octanol–water partition coefficient (Wildman–Crippen LogP) is 2.53. The molecule has 0 aliphatic carbocycles. The van der Waals surface area contributed by atoms with Crippen molar-refractivity contribution < 1.29 is 9.90 Å². The minimum Gasteiger partial charge on any atom is -0.480 e. The smallest absolute Gasteiger partial charge is 0.323 e. The zero-order valence-electron chi connectivity index (χ0n) is 10.3. The quantitative estimate of drug-likeness (QED) is 0.908. The summed E-state index contributed by atoms with van der Waals surface area (Å²) < 4.78 is 0.902. The molecule has 0 saturated heterocycles. The van der Waals surface area contributed by atoms with Crippen molar-refractivity contribution in [2.45, 2.75) is 32.9 Å². The number of carboxylic acids is 1. The van der Waals surface area contributed by atoms with E-state index >= 15 is 0 Å². The summed E-state index contributed by atoms with van der Waals surface area (Å²) in [6, 6.07) is 1.95. The van der Waals surface area contributed by atoms with Crippen molar-refractivity contribution in [1.29, 1.82) is 0 Å². The molecule has 0 aromatic carbocycles. The molecule has 0 saturated carbocycles. The van der Waals surface area contributed by atoms with Gasteiger partial charge in [0.2, 0.25) is 0 Å². The summed E-state index contributed by atoms with van der Waals surface area (Å²) in [6.45, 7) is 6.62. The van der Waals surface area contributed by atoms with Crippen molar-refractivity contribution in [3.8, 4) is 0 Å². The Hall–Kier alpha value is -0.940. The van der Waals surface area contributed by atoms with Crippen molar-refractivity contribution in [2.24, 2.45) is 0 Å². The second-order valence-corrected chi connectivity index (χ2v) is 5.31. The third-order valence-corrected chi connectivity index (χ3v) is 3.26. The molecular formula is C12H17BrN2O2. The molecule has 0 aliphatic rings. The van der Waals surface area contributed by atoms with E-state index in [4.69, 9.17) is 0 Å². The molecule has 1 N–H and O–H groups in total. The fourth-order valence-corrected chi connectivity index (χ4v) is 2.01. The molecule has 1 heterocycles. The molecule has 94 valence electrons. The van der Waals surface area contributed by atoms with Crippen LogP contribution in [0.25, 0.3) is 0 Å². The summed E-state index contributed by atoms with van der Waals surface area (Å²) in [6.07, 6.45) is 3.47. The van der Waals surface area contributed by atoms with Crippen LogP contribution in [0, 0.1) is 0 Å². The van der Waals surface area contributed by atoms with Gasteiger partial charge >= 0.3 is 5.97 Å². The van der Waals surface area contributed by atoms with E-state index < -0.39 is 11.5 Å². The summed E-state index contributed by atoms with van der Waals surface area (Å²) in [5, 5.41) is 9.21. The maximum atomic E-state index is 11.2. The topological polar surface area (TPSA) is 53.4 Å². The molecule has 1 rings (SSSR count). The molecule has 5 heteroatoms. The predicted molar refractivity (Wildman–Crippen MR) is 69.7 cm³/mol. The molecule has 0 radical (unpaired) electrons. The lowest BCUT2D eigenvalue weighted by molar-refractivity contribution is -0.149. The molecular weight excluding hydrogens is 284 g/mol. The van der Waals surface area contributed by atoms with E-state index in [1.54, 1.807) is 26.2 Å². The maximum Gasteiger partial charge on any atom is 0.323 e. The number of pyridine rings is 1. The SMILES string of the molecule is CCN(Cc1cncc(Br)c1)C(C)(C)C(=O)O. The van der Waals surface area contributed by atoms with Gasteiger partial charge in [0.1, 0.15) is 5.54 Å². The van der Waals surface area contributed by atoms with Gasteiger partial charge in [0.25, 0.3) is 0 Å². The minimum absolute atomic E-state index is 0.572. The third-order valence-electron chi connectivity index (χ3n) is 2.83. The average Bonchev–Trinajstić information content (AvgIpc) is 2.25. The first-order chi connectivity index (χ1) is 7.87. The van der Waals surface area contributed by atoms with E-state index in [-0.39, 0.29) is 0 Å². The minimum atomic E-state index is -0.878. The molecule has 0 amide bonds. The number of aliphatic carboxylic acids is 1. The van der Waals surface area contributed by atoms with Crippen LogP contribution in [0.3, 0.4) is 0 Å². The van der Waals surface area contributed by atoms with E-state index in [9.17, 15) is 9.90 Å². The summed E-state index contributed by atoms with van der Waals surface area (Å²) >= 11 is 3.36. The number of nitrogens with zero attached hydrogens (tertiary/aromatic N) is 2. The van der Waals surface area contributed by atoms with Crippen LogP contribution in [-0.2, 0) is 11.3 Å². The summed E-state index contributed by atoms with van der Waals surface area (Å²) in [7, 11) is 0. The second-order valence-electron chi connectivity index (χ2n) is 4.39. The Balaban J connectivity index is 2.87. The maximum absolute atomic E-state index is 11.2. The summed E-state index contributed by atoms with van der Waals surface area (Å²) in [5.41, 5.74) is 0.118. The highest BCUT2D eigenvalue weighted by Crippen LogP contribution is 2.19. The lowest BCUT2D eigenvalue weighted by Gasteiger charge is -2.34. The van der Waals surface area contributed by atoms with Crippen molar-refractivity contribution >= 4 is 21.9 Å². The van der Waals surface area contributed by atoms with Gasteiger partial charge in [0.15, 0.2) is 0 Å². The van der Waals surface area contributed by atoms with Gasteiger partial charge in [0.05, 0.1) is 0 Å². The molecule has 1 aromatic heterocycles. The Morgan fingerprint density at radius 2 is 2.18 bits per heavy atom. The van der Waals surface area contributed by atoms with E-state index in [2.05, 4.69) is 20.9 Å². The van der Waals surface area contributed by atoms with Gasteiger partial charge in [-0.1, -0.05) is 6.92 Å². The number of hydrogen-bond donors (Lipinski definition) is 1. The summed E-state index contributed by atoms with van der Waals surface area (Å²) in [5.74, 6) is -0.817. The van der Waals surface area contributed by atoms with Gasteiger partial charge in [-0.25, -0.2) is 0 Å². The molecule has 0 fully saturated rings. The summed E-state index contributed by atoms with van der Waals surface area (Å²) in [4.78, 5) is 17.2. The number of carboxylic acid groups (broad SMARTS) is 1. The van der Waals surface area contributed by atoms with E-state index in [1.807, 2.05) is 17.9 Å². The van der Waals surface area contributed by atoms with Gasteiger partial charge in [-0.2, -0.15) is 0 Å². The Labute approximate surface area is 110 Å². The van der Waals surface area contributed by atoms with Crippen LogP contribution >= 0.6 is 15.9 Å². The Kier molecular flexibility index (Phi) is 4.65. The first-order valence-electron chi connectivity index (χ1n) is 5.45. The molecule has 0 bridgehead atoms. The first kappa shape index (κ1) is 14.1. The molecule has 0 aliphatic heterocycles. The number of hydrogen-bond acceptors (Lipinski definition) is 3. The molecule has 1 aromatic rings. The highest BCUT2D eigenvalue weighted by Gasteiger charge is 2.33. The average molecular weight is 301 g/mol. The fourth-order valence-electron chi connectivity index (χ4n) is 1.60. The molecule has 17 heavy (non-hydrogen) atoms. The first-order valence-corrected chi connectivity index (χ1v) is 6.25. The number of rotatable bonds is 5. The highest BCUT2D eigenvalue weighted by molar-refractivity contribution is 9.10. The molecule has 0 spiro atoms. The second kappa shape index (κ2) is 5.60. The van der Waals surface area contributed by atoms with Gasteiger partial charge < -0.3 is 5.11 Å². The standard InChI is InChI=1S/C12H17BrN2O2/c1-4-15(12(2,3)11(16)17)8-9-5-10(13)7-14-6-9/h5-7H,4,8H2,1-3H3,(H,16,17). The molecule has 0 atom stereocenters. The largest absolute Gasteiger partial charge is 0.480 e. The monoisotopic (exact) mass is 300 g/mol. The van der Waals surface area contributed by atoms with E-state index in [1.165, 1.54) is 0 Å². The van der Waals surface area contributed by atoms with Crippen LogP contribution in [0.4, 0.5) is 0 Å². The molecule has 0 unspecified atom stereocenters.